The number of hydrogen-bond acceptors (Lipinski definition) is 4. The van der Waals surface area contributed by atoms with Crippen LogP contribution in [0.4, 0.5) is 5.95 Å². The number of aromatic nitrogens is 3. The van der Waals surface area contributed by atoms with Crippen molar-refractivity contribution in [2.24, 2.45) is 5.92 Å². The summed E-state index contributed by atoms with van der Waals surface area (Å²) in [7, 11) is 0. The second-order valence-electron chi connectivity index (χ2n) is 4.54. The normalized spacial score (nSPS) is 22.9. The molecule has 0 saturated heterocycles. The zero-order chi connectivity index (χ0) is 12.7. The van der Waals surface area contributed by atoms with Crippen LogP contribution in [-0.4, -0.2) is 26.2 Å². The first-order valence-corrected chi connectivity index (χ1v) is 5.84. The van der Waals surface area contributed by atoms with Crippen molar-refractivity contribution in [2.75, 3.05) is 12.3 Å². The molecule has 0 aliphatic heterocycles. The SMILES string of the molecule is Nc1nc2c(ccn2[C@@H]2C=C[C@H](CO)C2)c(=O)[nH]1. The number of nitrogens with one attached hydrogen (secondary N) is 1. The van der Waals surface area contributed by atoms with Crippen molar-refractivity contribution < 1.29 is 5.11 Å². The van der Waals surface area contributed by atoms with Crippen molar-refractivity contribution in [3.8, 4) is 0 Å². The van der Waals surface area contributed by atoms with Crippen LogP contribution in [0.25, 0.3) is 11.0 Å². The molecule has 0 saturated carbocycles. The van der Waals surface area contributed by atoms with Gasteiger partial charge in [0.1, 0.15) is 5.65 Å². The van der Waals surface area contributed by atoms with Gasteiger partial charge in [-0.25, -0.2) is 0 Å². The molecule has 6 nitrogen and oxygen atoms in total. The van der Waals surface area contributed by atoms with Gasteiger partial charge in [0.15, 0.2) is 0 Å². The third-order valence-electron chi connectivity index (χ3n) is 3.34. The molecule has 1 aliphatic carbocycles. The summed E-state index contributed by atoms with van der Waals surface area (Å²) in [5, 5.41) is 9.66. The molecular formula is C12H14N4O2. The lowest BCUT2D eigenvalue weighted by molar-refractivity contribution is 0.244. The fraction of sp³-hybridized carbons (Fsp3) is 0.333. The predicted octanol–water partition coefficient (Wildman–Crippen LogP) is 0.416. The average Bonchev–Trinajstić information content (AvgIpc) is 2.93. The van der Waals surface area contributed by atoms with Gasteiger partial charge in [-0.2, -0.15) is 4.98 Å². The van der Waals surface area contributed by atoms with Crippen molar-refractivity contribution in [3.63, 3.8) is 0 Å². The van der Waals surface area contributed by atoms with Crippen LogP contribution in [0.1, 0.15) is 12.5 Å². The molecule has 0 radical (unpaired) electrons. The standard InChI is InChI=1S/C12H14N4O2/c13-12-14-10-9(11(18)15-12)3-4-16(10)8-2-1-7(5-8)6-17/h1-4,7-8,17H,5-6H2,(H3,13,14,15,18)/t7-,8+/m0/s1. The van der Waals surface area contributed by atoms with E-state index in [0.29, 0.717) is 11.0 Å². The Morgan fingerprint density at radius 2 is 2.39 bits per heavy atom. The number of allylic oxidation sites excluding steroid dienone is 1. The summed E-state index contributed by atoms with van der Waals surface area (Å²) < 4.78 is 1.92. The maximum Gasteiger partial charge on any atom is 0.261 e. The fourth-order valence-corrected chi connectivity index (χ4v) is 2.42. The van der Waals surface area contributed by atoms with E-state index in [1.165, 1.54) is 0 Å². The van der Waals surface area contributed by atoms with Gasteiger partial charge in [-0.3, -0.25) is 9.78 Å². The summed E-state index contributed by atoms with van der Waals surface area (Å²) in [6.07, 6.45) is 6.67. The molecule has 4 N–H and O–H groups in total. The third kappa shape index (κ3) is 1.62. The Morgan fingerprint density at radius 3 is 3.11 bits per heavy atom. The van der Waals surface area contributed by atoms with Crippen LogP contribution < -0.4 is 11.3 Å². The Kier molecular flexibility index (Phi) is 2.45. The van der Waals surface area contributed by atoms with Crippen molar-refractivity contribution in [2.45, 2.75) is 12.5 Å². The van der Waals surface area contributed by atoms with E-state index in [1.807, 2.05) is 22.9 Å². The molecule has 0 unspecified atom stereocenters. The summed E-state index contributed by atoms with van der Waals surface area (Å²) in [5.41, 5.74) is 5.93. The Bertz CT molecular complexity index is 670. The molecule has 3 rings (SSSR count). The Labute approximate surface area is 103 Å². The van der Waals surface area contributed by atoms with Crippen LogP contribution in [0.5, 0.6) is 0 Å². The molecule has 2 atom stereocenters. The Hall–Kier alpha value is -2.08. The van der Waals surface area contributed by atoms with Gasteiger partial charge < -0.3 is 15.4 Å². The second-order valence-corrected chi connectivity index (χ2v) is 4.54. The minimum Gasteiger partial charge on any atom is -0.396 e. The molecule has 0 bridgehead atoms. The molecule has 0 aromatic carbocycles. The fourth-order valence-electron chi connectivity index (χ4n) is 2.42. The first-order chi connectivity index (χ1) is 8.69. The molecule has 6 heteroatoms. The van der Waals surface area contributed by atoms with Gasteiger partial charge in [-0.15, -0.1) is 0 Å². The molecule has 2 aromatic rings. The Morgan fingerprint density at radius 1 is 1.56 bits per heavy atom. The number of anilines is 1. The number of nitrogens with zero attached hydrogens (tertiary/aromatic N) is 2. The largest absolute Gasteiger partial charge is 0.396 e. The average molecular weight is 246 g/mol. The number of nitrogens with two attached hydrogens (primary N) is 1. The van der Waals surface area contributed by atoms with E-state index in [4.69, 9.17) is 10.8 Å². The van der Waals surface area contributed by atoms with Crippen molar-refractivity contribution in [3.05, 3.63) is 34.8 Å². The Balaban J connectivity index is 2.09. The molecule has 0 spiro atoms. The van der Waals surface area contributed by atoms with E-state index < -0.39 is 0 Å². The van der Waals surface area contributed by atoms with E-state index >= 15 is 0 Å². The highest BCUT2D eigenvalue weighted by molar-refractivity contribution is 5.76. The summed E-state index contributed by atoms with van der Waals surface area (Å²) >= 11 is 0. The van der Waals surface area contributed by atoms with Gasteiger partial charge in [0.05, 0.1) is 11.4 Å². The molecule has 0 amide bonds. The molecule has 18 heavy (non-hydrogen) atoms. The van der Waals surface area contributed by atoms with E-state index in [-0.39, 0.29) is 30.1 Å². The second kappa shape index (κ2) is 3.99. The number of fused-ring (bicyclic) bond motifs is 1. The van der Waals surface area contributed by atoms with Crippen LogP contribution >= 0.6 is 0 Å². The number of rotatable bonds is 2. The number of aromatic amines is 1. The molecule has 2 aromatic heterocycles. The summed E-state index contributed by atoms with van der Waals surface area (Å²) in [6.45, 7) is 0.141. The highest BCUT2D eigenvalue weighted by Gasteiger charge is 2.21. The smallest absolute Gasteiger partial charge is 0.261 e. The van der Waals surface area contributed by atoms with Gasteiger partial charge >= 0.3 is 0 Å². The maximum atomic E-state index is 11.7. The maximum absolute atomic E-state index is 11.7. The lowest BCUT2D eigenvalue weighted by Crippen LogP contribution is -2.13. The lowest BCUT2D eigenvalue weighted by Gasteiger charge is -2.13. The third-order valence-corrected chi connectivity index (χ3v) is 3.34. The minimum atomic E-state index is -0.225. The van der Waals surface area contributed by atoms with Crippen molar-refractivity contribution in [1.29, 1.82) is 0 Å². The molecule has 0 fully saturated rings. The first kappa shape index (κ1) is 11.0. The molecule has 2 heterocycles. The van der Waals surface area contributed by atoms with E-state index in [0.717, 1.165) is 6.42 Å². The van der Waals surface area contributed by atoms with Crippen LogP contribution in [0.2, 0.25) is 0 Å². The first-order valence-electron chi connectivity index (χ1n) is 5.84. The number of aliphatic hydroxyl groups excluding tert-OH is 1. The molecular weight excluding hydrogens is 232 g/mol. The van der Waals surface area contributed by atoms with Gasteiger partial charge in [0, 0.05) is 18.7 Å². The molecule has 94 valence electrons. The zero-order valence-electron chi connectivity index (χ0n) is 9.71. The van der Waals surface area contributed by atoms with Crippen molar-refractivity contribution >= 4 is 17.0 Å². The number of aliphatic hydroxyl groups is 1. The number of H-pyrrole nitrogens is 1. The monoisotopic (exact) mass is 246 g/mol. The van der Waals surface area contributed by atoms with Gasteiger partial charge in [0.25, 0.3) is 5.56 Å². The zero-order valence-corrected chi connectivity index (χ0v) is 9.71. The summed E-state index contributed by atoms with van der Waals surface area (Å²) in [6, 6.07) is 1.86. The van der Waals surface area contributed by atoms with Gasteiger partial charge in [0.2, 0.25) is 5.95 Å². The van der Waals surface area contributed by atoms with E-state index in [1.54, 1.807) is 6.07 Å². The highest BCUT2D eigenvalue weighted by Crippen LogP contribution is 2.29. The van der Waals surface area contributed by atoms with Crippen LogP contribution in [0.15, 0.2) is 29.2 Å². The summed E-state index contributed by atoms with van der Waals surface area (Å²) in [5.74, 6) is 0.292. The van der Waals surface area contributed by atoms with Gasteiger partial charge in [-0.05, 0) is 12.5 Å². The number of hydrogen-bond donors (Lipinski definition) is 3. The minimum absolute atomic E-state index is 0.119. The van der Waals surface area contributed by atoms with Gasteiger partial charge in [-0.1, -0.05) is 12.2 Å². The lowest BCUT2D eigenvalue weighted by atomic mass is 10.1. The van der Waals surface area contributed by atoms with Crippen LogP contribution in [0, 0.1) is 5.92 Å². The van der Waals surface area contributed by atoms with Crippen molar-refractivity contribution in [1.82, 2.24) is 14.5 Å². The van der Waals surface area contributed by atoms with E-state index in [2.05, 4.69) is 9.97 Å². The predicted molar refractivity (Wildman–Crippen MR) is 68.1 cm³/mol. The summed E-state index contributed by atoms with van der Waals surface area (Å²) in [4.78, 5) is 18.4. The highest BCUT2D eigenvalue weighted by atomic mass is 16.3. The molecule has 1 aliphatic rings. The topological polar surface area (TPSA) is 96.9 Å². The van der Waals surface area contributed by atoms with Crippen LogP contribution in [-0.2, 0) is 0 Å². The van der Waals surface area contributed by atoms with Crippen LogP contribution in [0.3, 0.4) is 0 Å². The number of nitrogen functional groups attached to an aromatic ring is 1. The quantitative estimate of drug-likeness (QED) is 0.669. The van der Waals surface area contributed by atoms with E-state index in [9.17, 15) is 4.79 Å².